The van der Waals surface area contributed by atoms with Crippen LogP contribution >= 0.6 is 0 Å². The van der Waals surface area contributed by atoms with E-state index in [2.05, 4.69) is 15.0 Å². The number of aryl methyl sites for hydroxylation is 2. The van der Waals surface area contributed by atoms with Crippen molar-refractivity contribution in [3.63, 3.8) is 0 Å². The van der Waals surface area contributed by atoms with Crippen LogP contribution in [-0.2, 0) is 7.05 Å². The van der Waals surface area contributed by atoms with Crippen LogP contribution in [0.15, 0.2) is 18.3 Å². The number of nitro groups is 1. The first-order valence-electron chi connectivity index (χ1n) is 5.31. The van der Waals surface area contributed by atoms with E-state index in [1.54, 1.807) is 25.4 Å². The van der Waals surface area contributed by atoms with Gasteiger partial charge in [-0.15, -0.1) is 0 Å². The number of imidazole rings is 1. The zero-order valence-electron chi connectivity index (χ0n) is 9.78. The molecule has 0 N–H and O–H groups in total. The van der Waals surface area contributed by atoms with E-state index in [0.29, 0.717) is 22.1 Å². The van der Waals surface area contributed by atoms with Crippen LogP contribution in [0.1, 0.15) is 5.69 Å². The molecule has 3 rings (SSSR count). The summed E-state index contributed by atoms with van der Waals surface area (Å²) in [5, 5.41) is 10.9. The average molecular weight is 243 g/mol. The van der Waals surface area contributed by atoms with Crippen LogP contribution < -0.4 is 0 Å². The van der Waals surface area contributed by atoms with Crippen molar-refractivity contribution in [2.24, 2.45) is 7.05 Å². The summed E-state index contributed by atoms with van der Waals surface area (Å²) in [7, 11) is 1.61. The predicted molar refractivity (Wildman–Crippen MR) is 65.2 cm³/mol. The van der Waals surface area contributed by atoms with Gasteiger partial charge >= 0.3 is 5.95 Å². The van der Waals surface area contributed by atoms with Gasteiger partial charge in [-0.2, -0.15) is 0 Å². The Morgan fingerprint density at radius 2 is 2.06 bits per heavy atom. The number of hydrogen-bond donors (Lipinski definition) is 0. The van der Waals surface area contributed by atoms with Crippen molar-refractivity contribution in [2.45, 2.75) is 6.92 Å². The molecular weight excluding hydrogens is 234 g/mol. The molecule has 0 bridgehead atoms. The largest absolute Gasteiger partial charge is 0.435 e. The highest BCUT2D eigenvalue weighted by Gasteiger charge is 2.21. The molecule has 0 atom stereocenters. The van der Waals surface area contributed by atoms with E-state index >= 15 is 0 Å². The van der Waals surface area contributed by atoms with E-state index in [1.807, 2.05) is 6.92 Å². The average Bonchev–Trinajstić information content (AvgIpc) is 2.67. The van der Waals surface area contributed by atoms with Crippen LogP contribution in [0, 0.1) is 17.0 Å². The maximum atomic E-state index is 10.9. The maximum Gasteiger partial charge on any atom is 0.435 e. The minimum Gasteiger partial charge on any atom is -0.390 e. The van der Waals surface area contributed by atoms with Gasteiger partial charge in [0, 0.05) is 6.20 Å². The Balaban J connectivity index is 2.50. The summed E-state index contributed by atoms with van der Waals surface area (Å²) in [6.07, 6.45) is 1.66. The number of rotatable bonds is 1. The maximum absolute atomic E-state index is 10.9. The summed E-state index contributed by atoms with van der Waals surface area (Å²) in [5.41, 5.74) is 3.22. The van der Waals surface area contributed by atoms with Gasteiger partial charge in [-0.3, -0.25) is 4.98 Å². The molecule has 7 heteroatoms. The van der Waals surface area contributed by atoms with Gasteiger partial charge in [0.1, 0.15) is 11.0 Å². The smallest absolute Gasteiger partial charge is 0.390 e. The molecule has 0 saturated carbocycles. The lowest BCUT2D eigenvalue weighted by Crippen LogP contribution is -1.97. The van der Waals surface area contributed by atoms with Crippen LogP contribution in [0.25, 0.3) is 22.1 Å². The van der Waals surface area contributed by atoms with Crippen LogP contribution in [0.4, 0.5) is 5.95 Å². The third-order valence-corrected chi connectivity index (χ3v) is 2.82. The lowest BCUT2D eigenvalue weighted by atomic mass is 10.2. The molecule has 0 radical (unpaired) electrons. The van der Waals surface area contributed by atoms with Crippen LogP contribution in [0.2, 0.25) is 0 Å². The SMILES string of the molecule is Cc1cnc2ccc3c(nc([N+](=O)[O-])n3C)c2n1. The van der Waals surface area contributed by atoms with Crippen molar-refractivity contribution in [3.8, 4) is 0 Å². The van der Waals surface area contributed by atoms with E-state index in [-0.39, 0.29) is 5.95 Å². The number of aromatic nitrogens is 4. The summed E-state index contributed by atoms with van der Waals surface area (Å²) < 4.78 is 1.44. The van der Waals surface area contributed by atoms with Crippen LogP contribution in [0.5, 0.6) is 0 Å². The third-order valence-electron chi connectivity index (χ3n) is 2.82. The summed E-state index contributed by atoms with van der Waals surface area (Å²) in [6, 6.07) is 3.55. The normalized spacial score (nSPS) is 11.2. The second-order valence-electron chi connectivity index (χ2n) is 4.04. The van der Waals surface area contributed by atoms with Gasteiger partial charge in [-0.25, -0.2) is 9.55 Å². The molecule has 90 valence electrons. The summed E-state index contributed by atoms with van der Waals surface area (Å²) in [5.74, 6) is -0.194. The Kier molecular flexibility index (Phi) is 2.03. The molecule has 0 saturated heterocycles. The zero-order valence-corrected chi connectivity index (χ0v) is 9.78. The predicted octanol–water partition coefficient (Wildman–Crippen LogP) is 1.73. The standard InChI is InChI=1S/C11H9N5O2/c1-6-5-12-7-3-4-8-10(9(7)13-6)14-11(15(8)2)16(17)18/h3-5H,1-2H3. The highest BCUT2D eigenvalue weighted by Crippen LogP contribution is 2.25. The Morgan fingerprint density at radius 1 is 1.28 bits per heavy atom. The number of hydrogen-bond acceptors (Lipinski definition) is 5. The van der Waals surface area contributed by atoms with Crippen molar-refractivity contribution in [1.82, 2.24) is 19.5 Å². The van der Waals surface area contributed by atoms with Gasteiger partial charge in [-0.05, 0) is 24.0 Å². The lowest BCUT2D eigenvalue weighted by molar-refractivity contribution is -0.396. The van der Waals surface area contributed by atoms with E-state index in [9.17, 15) is 10.1 Å². The van der Waals surface area contributed by atoms with Crippen molar-refractivity contribution in [2.75, 3.05) is 0 Å². The molecule has 2 aromatic heterocycles. The van der Waals surface area contributed by atoms with Crippen LogP contribution in [-0.4, -0.2) is 24.4 Å². The van der Waals surface area contributed by atoms with Gasteiger partial charge in [0.25, 0.3) is 0 Å². The minimum atomic E-state index is -0.505. The molecule has 0 unspecified atom stereocenters. The van der Waals surface area contributed by atoms with Gasteiger partial charge in [0.2, 0.25) is 5.52 Å². The second kappa shape index (κ2) is 3.46. The molecule has 0 aliphatic rings. The second-order valence-corrected chi connectivity index (χ2v) is 4.04. The minimum absolute atomic E-state index is 0.194. The molecule has 1 aromatic carbocycles. The van der Waals surface area contributed by atoms with Gasteiger partial charge < -0.3 is 10.1 Å². The summed E-state index contributed by atoms with van der Waals surface area (Å²) in [6.45, 7) is 1.82. The van der Waals surface area contributed by atoms with E-state index < -0.39 is 4.92 Å². The molecule has 3 aromatic rings. The quantitative estimate of drug-likeness (QED) is 0.479. The van der Waals surface area contributed by atoms with Crippen molar-refractivity contribution >= 4 is 28.0 Å². The molecule has 2 heterocycles. The lowest BCUT2D eigenvalue weighted by Gasteiger charge is -1.97. The topological polar surface area (TPSA) is 86.7 Å². The Bertz CT molecular complexity index is 793. The Morgan fingerprint density at radius 3 is 2.78 bits per heavy atom. The number of nitrogens with zero attached hydrogens (tertiary/aromatic N) is 5. The van der Waals surface area contributed by atoms with Gasteiger partial charge in [0.05, 0.1) is 18.3 Å². The first-order valence-corrected chi connectivity index (χ1v) is 5.31. The fourth-order valence-corrected chi connectivity index (χ4v) is 1.97. The Labute approximate surface area is 101 Å². The fraction of sp³-hybridized carbons (Fsp3) is 0.182. The summed E-state index contributed by atoms with van der Waals surface area (Å²) in [4.78, 5) is 23.0. The molecule has 0 fully saturated rings. The van der Waals surface area contributed by atoms with Gasteiger partial charge in [-0.1, -0.05) is 4.98 Å². The molecule has 18 heavy (non-hydrogen) atoms. The monoisotopic (exact) mass is 243 g/mol. The van der Waals surface area contributed by atoms with Crippen molar-refractivity contribution in [3.05, 3.63) is 34.1 Å². The fourth-order valence-electron chi connectivity index (χ4n) is 1.97. The summed E-state index contributed by atoms with van der Waals surface area (Å²) >= 11 is 0. The van der Waals surface area contributed by atoms with Gasteiger partial charge in [0.15, 0.2) is 0 Å². The van der Waals surface area contributed by atoms with E-state index in [1.165, 1.54) is 4.57 Å². The van der Waals surface area contributed by atoms with Crippen molar-refractivity contribution < 1.29 is 4.92 Å². The van der Waals surface area contributed by atoms with E-state index in [4.69, 9.17) is 0 Å². The highest BCUT2D eigenvalue weighted by atomic mass is 16.6. The highest BCUT2D eigenvalue weighted by molar-refractivity contribution is 6.00. The van der Waals surface area contributed by atoms with E-state index in [0.717, 1.165) is 5.69 Å². The first-order chi connectivity index (χ1) is 8.58. The molecule has 0 amide bonds. The molecule has 0 spiro atoms. The van der Waals surface area contributed by atoms with Crippen LogP contribution in [0.3, 0.4) is 0 Å². The number of fused-ring (bicyclic) bond motifs is 3. The third kappa shape index (κ3) is 1.33. The van der Waals surface area contributed by atoms with Crippen molar-refractivity contribution in [1.29, 1.82) is 0 Å². The molecular formula is C11H9N5O2. The Hall–Kier alpha value is -2.57. The molecule has 0 aliphatic heterocycles. The number of benzene rings is 1. The molecule has 0 aliphatic carbocycles. The zero-order chi connectivity index (χ0) is 12.9. The first kappa shape index (κ1) is 10.6. The molecule has 7 nitrogen and oxygen atoms in total.